The molecule has 5 N–H and O–H groups in total. The minimum absolute atomic E-state index is 0.00269. The summed E-state index contributed by atoms with van der Waals surface area (Å²) in [5, 5.41) is 19.8. The second-order valence-electron chi connectivity index (χ2n) is 14.1. The SMILES string of the molecule is CC/C=C\C/C=C\CC(O)/C=C/C=C\C/C=C\CCCC(=O)O[C@H](COC(=O)CCC/C=C\C/C=C\C/C=C\C/C=C\CCCCC)COP(=O)(O)OC[C@@H](O)COP(=O)(O)O. The Balaban J connectivity index is 4.79. The highest BCUT2D eigenvalue weighted by Crippen LogP contribution is 2.43. The Morgan fingerprint density at radius 3 is 1.63 bits per heavy atom. The maximum Gasteiger partial charge on any atom is 0.472 e. The highest BCUT2D eigenvalue weighted by Gasteiger charge is 2.28. The molecule has 2 unspecified atom stereocenters. The minimum atomic E-state index is -4.89. The number of hydrogen-bond acceptors (Lipinski definition) is 11. The predicted molar refractivity (Wildman–Crippen MR) is 245 cm³/mol. The van der Waals surface area contributed by atoms with E-state index in [4.69, 9.17) is 23.8 Å². The third-order valence-electron chi connectivity index (χ3n) is 8.22. The summed E-state index contributed by atoms with van der Waals surface area (Å²) in [6.07, 6.45) is 45.5. The average molecular weight is 913 g/mol. The fourth-order valence-electron chi connectivity index (χ4n) is 4.93. The molecule has 16 heteroatoms. The van der Waals surface area contributed by atoms with Crippen LogP contribution >= 0.6 is 15.6 Å². The standard InChI is InChI=1S/C46H74O14P2/c1-3-5-7-9-11-12-13-14-15-16-17-18-19-20-24-28-32-36-45(49)56-40-44(41-59-62(54,55)58-39-43(48)38-57-61(51,52)53)60-46(50)37-33-29-25-22-21-23-27-31-35-42(47)34-30-26-10-8-6-4-2/h6,8,11-12,14-15,17-18,20,22-27,30-31,35,42-44,47-48H,3-5,7,9-10,13,16,19,21,28-29,32-34,36-41H2,1-2H3,(H,54,55)(H2,51,52,53)/b8-6-,12-11-,15-14-,18-17-,24-20-,25-22-,27-23-,30-26-,35-31+/t42?,43-,44+/m0/s1. The van der Waals surface area contributed by atoms with Gasteiger partial charge in [0.25, 0.3) is 0 Å². The zero-order chi connectivity index (χ0) is 46.0. The number of carbonyl (C=O) groups is 2. The fourth-order valence-corrected chi connectivity index (χ4v) is 6.08. The number of esters is 2. The number of allylic oxidation sites excluding steroid dienone is 16. The number of hydrogen-bond donors (Lipinski definition) is 5. The summed E-state index contributed by atoms with van der Waals surface area (Å²) in [5.41, 5.74) is 0. The molecule has 14 nitrogen and oxygen atoms in total. The van der Waals surface area contributed by atoms with Crippen LogP contribution in [0, 0.1) is 0 Å². The normalized spacial score (nSPS) is 15.5. The van der Waals surface area contributed by atoms with Gasteiger partial charge in [-0.2, -0.15) is 0 Å². The number of phosphoric acid groups is 2. The molecule has 352 valence electrons. The number of carbonyl (C=O) groups excluding carboxylic acids is 2. The Hall–Kier alpha value is -3.26. The number of ether oxygens (including phenoxy) is 2. The van der Waals surface area contributed by atoms with Gasteiger partial charge in [-0.05, 0) is 83.5 Å². The first-order valence-electron chi connectivity index (χ1n) is 21.7. The van der Waals surface area contributed by atoms with Gasteiger partial charge in [-0.25, -0.2) is 9.13 Å². The van der Waals surface area contributed by atoms with Crippen molar-refractivity contribution >= 4 is 27.6 Å². The molecule has 0 fully saturated rings. The molecule has 0 spiro atoms. The monoisotopic (exact) mass is 912 g/mol. The average Bonchev–Trinajstić information content (AvgIpc) is 3.23. The van der Waals surface area contributed by atoms with Crippen molar-refractivity contribution < 1.29 is 66.7 Å². The fraction of sp³-hybridized carbons (Fsp3) is 0.565. The lowest BCUT2D eigenvalue weighted by Crippen LogP contribution is -2.29. The van der Waals surface area contributed by atoms with Crippen LogP contribution in [0.5, 0.6) is 0 Å². The van der Waals surface area contributed by atoms with Crippen LogP contribution in [-0.4, -0.2) is 81.6 Å². The zero-order valence-corrected chi connectivity index (χ0v) is 38.6. The van der Waals surface area contributed by atoms with Crippen LogP contribution in [0.15, 0.2) is 109 Å². The molecule has 0 aliphatic rings. The molecule has 0 aliphatic heterocycles. The molecule has 0 aromatic carbocycles. The summed E-state index contributed by atoms with van der Waals surface area (Å²) < 4.78 is 47.6. The molecule has 0 aliphatic carbocycles. The number of aliphatic hydroxyl groups excluding tert-OH is 2. The maximum atomic E-state index is 12.6. The first kappa shape index (κ1) is 58.7. The highest BCUT2D eigenvalue weighted by atomic mass is 31.2. The number of phosphoric ester groups is 2. The second-order valence-corrected chi connectivity index (χ2v) is 16.8. The molecule has 0 saturated heterocycles. The number of aliphatic hydroxyl groups is 2. The Labute approximate surface area is 370 Å². The van der Waals surface area contributed by atoms with Crippen molar-refractivity contribution in [3.8, 4) is 0 Å². The Morgan fingerprint density at radius 1 is 0.548 bits per heavy atom. The van der Waals surface area contributed by atoms with Gasteiger partial charge in [-0.3, -0.25) is 23.2 Å². The predicted octanol–water partition coefficient (Wildman–Crippen LogP) is 10.1. The van der Waals surface area contributed by atoms with E-state index in [0.717, 1.165) is 38.5 Å². The molecular weight excluding hydrogens is 838 g/mol. The lowest BCUT2D eigenvalue weighted by molar-refractivity contribution is -0.161. The van der Waals surface area contributed by atoms with Gasteiger partial charge in [0, 0.05) is 12.8 Å². The van der Waals surface area contributed by atoms with E-state index >= 15 is 0 Å². The van der Waals surface area contributed by atoms with Crippen molar-refractivity contribution in [2.45, 2.75) is 141 Å². The molecule has 0 aromatic heterocycles. The van der Waals surface area contributed by atoms with Gasteiger partial charge < -0.3 is 34.4 Å². The molecule has 0 rings (SSSR count). The summed E-state index contributed by atoms with van der Waals surface area (Å²) in [5.74, 6) is -1.22. The molecule has 0 saturated carbocycles. The van der Waals surface area contributed by atoms with Crippen LogP contribution in [0.25, 0.3) is 0 Å². The van der Waals surface area contributed by atoms with E-state index in [1.165, 1.54) is 19.3 Å². The largest absolute Gasteiger partial charge is 0.472 e. The van der Waals surface area contributed by atoms with Gasteiger partial charge >= 0.3 is 27.6 Å². The smallest absolute Gasteiger partial charge is 0.462 e. The van der Waals surface area contributed by atoms with E-state index in [9.17, 15) is 33.8 Å². The van der Waals surface area contributed by atoms with Gasteiger partial charge in [0.1, 0.15) is 12.7 Å². The summed E-state index contributed by atoms with van der Waals surface area (Å²) in [6, 6.07) is 0. The third-order valence-corrected chi connectivity index (χ3v) is 9.65. The number of unbranched alkanes of at least 4 members (excludes halogenated alkanes) is 5. The van der Waals surface area contributed by atoms with E-state index in [1.54, 1.807) is 12.2 Å². The zero-order valence-electron chi connectivity index (χ0n) is 36.8. The van der Waals surface area contributed by atoms with Crippen molar-refractivity contribution in [3.63, 3.8) is 0 Å². The first-order valence-corrected chi connectivity index (χ1v) is 24.7. The highest BCUT2D eigenvalue weighted by molar-refractivity contribution is 7.47. The van der Waals surface area contributed by atoms with Crippen LogP contribution in [0.3, 0.4) is 0 Å². The summed E-state index contributed by atoms with van der Waals surface area (Å²) >= 11 is 0. The van der Waals surface area contributed by atoms with Gasteiger partial charge in [0.05, 0.1) is 25.9 Å². The van der Waals surface area contributed by atoms with Crippen LogP contribution in [0.4, 0.5) is 0 Å². The molecule has 0 heterocycles. The summed E-state index contributed by atoms with van der Waals surface area (Å²) in [6.45, 7) is 1.37. The van der Waals surface area contributed by atoms with Crippen LogP contribution < -0.4 is 0 Å². The van der Waals surface area contributed by atoms with Crippen molar-refractivity contribution in [2.24, 2.45) is 0 Å². The molecular formula is C46H74O14P2. The van der Waals surface area contributed by atoms with Gasteiger partial charge in [0.15, 0.2) is 6.10 Å². The molecule has 0 bridgehead atoms. The van der Waals surface area contributed by atoms with Gasteiger partial charge in [-0.15, -0.1) is 0 Å². The van der Waals surface area contributed by atoms with Crippen molar-refractivity contribution in [3.05, 3.63) is 109 Å². The van der Waals surface area contributed by atoms with Crippen LogP contribution in [0.1, 0.15) is 123 Å². The van der Waals surface area contributed by atoms with Gasteiger partial charge in [0.2, 0.25) is 0 Å². The molecule has 4 atom stereocenters. The maximum absolute atomic E-state index is 12.6. The lowest BCUT2D eigenvalue weighted by Gasteiger charge is -2.20. The summed E-state index contributed by atoms with van der Waals surface area (Å²) in [4.78, 5) is 52.6. The minimum Gasteiger partial charge on any atom is -0.462 e. The molecule has 62 heavy (non-hydrogen) atoms. The van der Waals surface area contributed by atoms with E-state index in [0.29, 0.717) is 38.5 Å². The van der Waals surface area contributed by atoms with E-state index < -0.39 is 72.3 Å². The molecule has 0 aromatic rings. The van der Waals surface area contributed by atoms with E-state index in [-0.39, 0.29) is 12.8 Å². The third kappa shape index (κ3) is 43.4. The lowest BCUT2D eigenvalue weighted by atomic mass is 10.2. The first-order chi connectivity index (χ1) is 29.8. The topological polar surface area (TPSA) is 216 Å². The Bertz CT molecular complexity index is 1520. The Kier molecular flexibility index (Phi) is 38.4. The van der Waals surface area contributed by atoms with Crippen molar-refractivity contribution in [2.75, 3.05) is 26.4 Å². The molecule has 0 amide bonds. The van der Waals surface area contributed by atoms with Gasteiger partial charge in [-0.1, -0.05) is 136 Å². The van der Waals surface area contributed by atoms with Crippen molar-refractivity contribution in [1.82, 2.24) is 0 Å². The van der Waals surface area contributed by atoms with E-state index in [1.807, 2.05) is 48.6 Å². The quantitative estimate of drug-likeness (QED) is 0.0128. The van der Waals surface area contributed by atoms with Crippen LogP contribution in [0.2, 0.25) is 0 Å². The number of rotatable bonds is 39. The summed E-state index contributed by atoms with van der Waals surface area (Å²) in [7, 11) is -9.75. The molecule has 0 radical (unpaired) electrons. The second kappa shape index (κ2) is 40.5. The van der Waals surface area contributed by atoms with Crippen molar-refractivity contribution in [1.29, 1.82) is 0 Å². The Morgan fingerprint density at radius 2 is 1.05 bits per heavy atom. The van der Waals surface area contributed by atoms with E-state index in [2.05, 4.69) is 71.5 Å². The van der Waals surface area contributed by atoms with Crippen LogP contribution in [-0.2, 0) is 41.8 Å².